The van der Waals surface area contributed by atoms with Crippen molar-refractivity contribution >= 4 is 5.69 Å². The lowest BCUT2D eigenvalue weighted by atomic mass is 9.84. The predicted octanol–water partition coefficient (Wildman–Crippen LogP) is 4.62. The average Bonchev–Trinajstić information content (AvgIpc) is 2.45. The summed E-state index contributed by atoms with van der Waals surface area (Å²) in [5, 5.41) is 3.34. The van der Waals surface area contributed by atoms with Gasteiger partial charge in [-0.05, 0) is 36.5 Å². The zero-order valence-corrected chi connectivity index (χ0v) is 11.6. The van der Waals surface area contributed by atoms with E-state index < -0.39 is 11.6 Å². The minimum Gasteiger partial charge on any atom is -0.378 e. The summed E-state index contributed by atoms with van der Waals surface area (Å²) in [4.78, 5) is 0. The van der Waals surface area contributed by atoms with Crippen molar-refractivity contribution in [3.05, 3.63) is 64.7 Å². The van der Waals surface area contributed by atoms with Crippen molar-refractivity contribution in [2.75, 3.05) is 5.32 Å². The van der Waals surface area contributed by atoms with E-state index in [9.17, 15) is 8.78 Å². The maximum absolute atomic E-state index is 14.2. The number of benzene rings is 2. The molecule has 2 atom stereocenters. The highest BCUT2D eigenvalue weighted by molar-refractivity contribution is 5.55. The van der Waals surface area contributed by atoms with Crippen LogP contribution in [0.25, 0.3) is 0 Å². The molecule has 104 valence electrons. The number of hydrogen-bond acceptors (Lipinski definition) is 1. The van der Waals surface area contributed by atoms with E-state index in [2.05, 4.69) is 18.3 Å². The first-order chi connectivity index (χ1) is 9.58. The summed E-state index contributed by atoms with van der Waals surface area (Å²) in [6.45, 7) is 3.64. The van der Waals surface area contributed by atoms with Gasteiger partial charge in [0.25, 0.3) is 0 Å². The summed E-state index contributed by atoms with van der Waals surface area (Å²) >= 11 is 0. The molecular formula is C17H17F2N. The zero-order chi connectivity index (χ0) is 14.3. The SMILES string of the molecule is Cc1ccc(C2Nc3ccccc3CC2C)c(F)c1F. The molecule has 2 unspecified atom stereocenters. The quantitative estimate of drug-likeness (QED) is 0.799. The minimum absolute atomic E-state index is 0.194. The van der Waals surface area contributed by atoms with Gasteiger partial charge in [0.1, 0.15) is 0 Å². The average molecular weight is 273 g/mol. The molecule has 1 aliphatic heterocycles. The Hall–Kier alpha value is -1.90. The van der Waals surface area contributed by atoms with Gasteiger partial charge in [0.2, 0.25) is 0 Å². The number of para-hydroxylation sites is 1. The molecule has 0 fully saturated rings. The van der Waals surface area contributed by atoms with Crippen LogP contribution >= 0.6 is 0 Å². The van der Waals surface area contributed by atoms with Crippen LogP contribution in [-0.4, -0.2) is 0 Å². The number of aryl methyl sites for hydroxylation is 1. The van der Waals surface area contributed by atoms with Crippen LogP contribution in [0.15, 0.2) is 36.4 Å². The molecule has 0 saturated carbocycles. The topological polar surface area (TPSA) is 12.0 Å². The smallest absolute Gasteiger partial charge is 0.164 e. The number of rotatable bonds is 1. The maximum Gasteiger partial charge on any atom is 0.164 e. The fourth-order valence-corrected chi connectivity index (χ4v) is 2.90. The van der Waals surface area contributed by atoms with Crippen molar-refractivity contribution in [1.29, 1.82) is 0 Å². The predicted molar refractivity (Wildman–Crippen MR) is 76.8 cm³/mol. The van der Waals surface area contributed by atoms with Crippen molar-refractivity contribution in [2.24, 2.45) is 5.92 Å². The van der Waals surface area contributed by atoms with E-state index in [0.717, 1.165) is 12.1 Å². The molecule has 0 amide bonds. The van der Waals surface area contributed by atoms with Crippen molar-refractivity contribution < 1.29 is 8.78 Å². The van der Waals surface area contributed by atoms with Crippen molar-refractivity contribution in [3.63, 3.8) is 0 Å². The summed E-state index contributed by atoms with van der Waals surface area (Å²) in [6.07, 6.45) is 0.864. The van der Waals surface area contributed by atoms with E-state index in [1.54, 1.807) is 19.1 Å². The maximum atomic E-state index is 14.2. The number of nitrogens with one attached hydrogen (secondary N) is 1. The monoisotopic (exact) mass is 273 g/mol. The molecule has 20 heavy (non-hydrogen) atoms. The third kappa shape index (κ3) is 2.07. The molecule has 2 aromatic carbocycles. The molecule has 0 saturated heterocycles. The molecule has 0 aliphatic carbocycles. The van der Waals surface area contributed by atoms with Crippen molar-refractivity contribution in [2.45, 2.75) is 26.3 Å². The normalized spacial score (nSPS) is 21.2. The Morgan fingerprint density at radius 3 is 2.60 bits per heavy atom. The highest BCUT2D eigenvalue weighted by atomic mass is 19.2. The lowest BCUT2D eigenvalue weighted by Gasteiger charge is -2.33. The second-order valence-corrected chi connectivity index (χ2v) is 5.56. The molecular weight excluding hydrogens is 256 g/mol. The van der Waals surface area contributed by atoms with Gasteiger partial charge >= 0.3 is 0 Å². The van der Waals surface area contributed by atoms with Crippen LogP contribution in [0.2, 0.25) is 0 Å². The fraction of sp³-hybridized carbons (Fsp3) is 0.294. The Bertz CT molecular complexity index is 651. The van der Waals surface area contributed by atoms with Gasteiger partial charge in [-0.2, -0.15) is 0 Å². The highest BCUT2D eigenvalue weighted by Gasteiger charge is 2.29. The first-order valence-corrected chi connectivity index (χ1v) is 6.87. The highest BCUT2D eigenvalue weighted by Crippen LogP contribution is 2.37. The molecule has 0 radical (unpaired) electrons. The van der Waals surface area contributed by atoms with Gasteiger partial charge in [-0.25, -0.2) is 8.78 Å². The van der Waals surface area contributed by atoms with E-state index in [1.165, 1.54) is 5.56 Å². The Balaban J connectivity index is 2.02. The Morgan fingerprint density at radius 2 is 1.80 bits per heavy atom. The summed E-state index contributed by atoms with van der Waals surface area (Å²) in [5.41, 5.74) is 2.99. The van der Waals surface area contributed by atoms with Crippen LogP contribution in [0.1, 0.15) is 29.7 Å². The second-order valence-electron chi connectivity index (χ2n) is 5.56. The Labute approximate surface area is 117 Å². The Morgan fingerprint density at radius 1 is 1.05 bits per heavy atom. The first-order valence-electron chi connectivity index (χ1n) is 6.87. The van der Waals surface area contributed by atoms with E-state index in [1.807, 2.05) is 18.2 Å². The Kier molecular flexibility index (Phi) is 3.20. The van der Waals surface area contributed by atoms with Gasteiger partial charge in [0.15, 0.2) is 11.6 Å². The van der Waals surface area contributed by atoms with Crippen LogP contribution in [0, 0.1) is 24.5 Å². The summed E-state index contributed by atoms with van der Waals surface area (Å²) < 4.78 is 27.9. The van der Waals surface area contributed by atoms with Crippen LogP contribution in [0.3, 0.4) is 0 Å². The lowest BCUT2D eigenvalue weighted by molar-refractivity contribution is 0.437. The van der Waals surface area contributed by atoms with E-state index in [0.29, 0.717) is 11.1 Å². The molecule has 3 heteroatoms. The molecule has 3 rings (SSSR count). The number of anilines is 1. The zero-order valence-electron chi connectivity index (χ0n) is 11.6. The third-order valence-corrected chi connectivity index (χ3v) is 4.08. The minimum atomic E-state index is -0.740. The van der Waals surface area contributed by atoms with E-state index in [-0.39, 0.29) is 12.0 Å². The van der Waals surface area contributed by atoms with Crippen LogP contribution in [-0.2, 0) is 6.42 Å². The molecule has 2 aromatic rings. The first kappa shape index (κ1) is 13.1. The molecule has 1 N–H and O–H groups in total. The van der Waals surface area contributed by atoms with Gasteiger partial charge in [0.05, 0.1) is 6.04 Å². The van der Waals surface area contributed by atoms with Gasteiger partial charge in [-0.3, -0.25) is 0 Å². The van der Waals surface area contributed by atoms with Gasteiger partial charge < -0.3 is 5.32 Å². The molecule has 1 aliphatic rings. The van der Waals surface area contributed by atoms with Crippen LogP contribution in [0.4, 0.5) is 14.5 Å². The molecule has 0 bridgehead atoms. The van der Waals surface area contributed by atoms with Crippen LogP contribution in [0.5, 0.6) is 0 Å². The second kappa shape index (κ2) is 4.89. The van der Waals surface area contributed by atoms with Crippen molar-refractivity contribution in [1.82, 2.24) is 0 Å². The molecule has 0 spiro atoms. The molecule has 1 nitrogen and oxygen atoms in total. The number of hydrogen-bond donors (Lipinski definition) is 1. The van der Waals surface area contributed by atoms with Crippen LogP contribution < -0.4 is 5.32 Å². The number of fused-ring (bicyclic) bond motifs is 1. The van der Waals surface area contributed by atoms with E-state index in [4.69, 9.17) is 0 Å². The van der Waals surface area contributed by atoms with Crippen molar-refractivity contribution in [3.8, 4) is 0 Å². The fourth-order valence-electron chi connectivity index (χ4n) is 2.90. The van der Waals surface area contributed by atoms with Gasteiger partial charge in [-0.15, -0.1) is 0 Å². The third-order valence-electron chi connectivity index (χ3n) is 4.08. The largest absolute Gasteiger partial charge is 0.378 e. The summed E-state index contributed by atoms with van der Waals surface area (Å²) in [5.74, 6) is -1.26. The number of halogens is 2. The van der Waals surface area contributed by atoms with Gasteiger partial charge in [-0.1, -0.05) is 37.3 Å². The lowest BCUT2D eigenvalue weighted by Crippen LogP contribution is -2.27. The summed E-state index contributed by atoms with van der Waals surface area (Å²) in [7, 11) is 0. The molecule has 1 heterocycles. The van der Waals surface area contributed by atoms with E-state index >= 15 is 0 Å². The van der Waals surface area contributed by atoms with Gasteiger partial charge in [0, 0.05) is 11.3 Å². The standard InChI is InChI=1S/C17H17F2N/c1-10-7-8-13(16(19)15(10)18)17-11(2)9-12-5-3-4-6-14(12)20-17/h3-8,11,17,20H,9H2,1-2H3. The molecule has 0 aromatic heterocycles. The summed E-state index contributed by atoms with van der Waals surface area (Å²) in [6, 6.07) is 11.1.